The Balaban J connectivity index is 1.12. The Labute approximate surface area is 282 Å². The number of hydrogen-bond donors (Lipinski definition) is 6. The summed E-state index contributed by atoms with van der Waals surface area (Å²) in [6, 6.07) is 6.75. The van der Waals surface area contributed by atoms with Gasteiger partial charge in [-0.15, -0.1) is 0 Å². The van der Waals surface area contributed by atoms with Crippen molar-refractivity contribution in [2.24, 2.45) is 7.05 Å². The van der Waals surface area contributed by atoms with Crippen molar-refractivity contribution in [2.45, 2.75) is 43.6 Å². The van der Waals surface area contributed by atoms with Crippen LogP contribution >= 0.6 is 11.6 Å². The van der Waals surface area contributed by atoms with Crippen LogP contribution in [0.25, 0.3) is 22.6 Å². The Morgan fingerprint density at radius 2 is 1.86 bits per heavy atom. The van der Waals surface area contributed by atoms with Gasteiger partial charge in [0.2, 0.25) is 5.91 Å². The molecular formula is C31H32ClF3N10O4. The molecule has 2 atom stereocenters. The summed E-state index contributed by atoms with van der Waals surface area (Å²) in [6.07, 6.45) is -1.49. The van der Waals surface area contributed by atoms with Crippen molar-refractivity contribution >= 4 is 40.7 Å². The molecule has 3 aromatic heterocycles. The van der Waals surface area contributed by atoms with Crippen LogP contribution in [0.3, 0.4) is 0 Å². The molecule has 6 rings (SSSR count). The number of piperidine rings is 1. The van der Waals surface area contributed by atoms with Crippen LogP contribution in [0.5, 0.6) is 0 Å². The van der Waals surface area contributed by atoms with Gasteiger partial charge in [0.15, 0.2) is 11.5 Å². The quantitative estimate of drug-likeness (QED) is 0.168. The van der Waals surface area contributed by atoms with E-state index in [4.69, 9.17) is 17.3 Å². The lowest BCUT2D eigenvalue weighted by Crippen LogP contribution is -2.50. The predicted octanol–water partition coefficient (Wildman–Crippen LogP) is 2.82. The molecule has 0 bridgehead atoms. The number of nitrogens with zero attached hydrogens (tertiary/aromatic N) is 5. The molecule has 49 heavy (non-hydrogen) atoms. The molecule has 14 nitrogen and oxygen atoms in total. The molecule has 2 aliphatic rings. The molecule has 18 heteroatoms. The minimum Gasteiger partial charge on any atom is -0.397 e. The number of aromatic nitrogens is 5. The number of hydrogen-bond acceptors (Lipinski definition) is 9. The summed E-state index contributed by atoms with van der Waals surface area (Å²) in [5.41, 5.74) is 4.97. The van der Waals surface area contributed by atoms with Crippen molar-refractivity contribution in [2.75, 3.05) is 30.7 Å². The normalized spacial score (nSPS) is 18.4. The van der Waals surface area contributed by atoms with Gasteiger partial charge in [0.05, 0.1) is 63.5 Å². The zero-order valence-corrected chi connectivity index (χ0v) is 26.8. The number of nitrogen functional groups attached to an aromatic ring is 1. The average Bonchev–Trinajstić information content (AvgIpc) is 3.79. The first kappa shape index (κ1) is 33.9. The highest BCUT2D eigenvalue weighted by molar-refractivity contribution is 6.34. The molecule has 0 unspecified atom stereocenters. The standard InChI is InChI=1S/C31H32ClF3N10O4/c1-44-23(24-25(21-5-2-15(36)12-37-21)42-43-26(24)31(33,34)35)14-39-27(44)29(48)41-17-3-4-19(20(32)10-17)30(49)45-8-6-16(7-9-45)40-28(47)22-11-18(46)13-38-22/h2-5,10,12,14,16,18,22,38,46H,6-9,11,13,36H2,1H3,(H,40,47)(H,41,48)(H,42,43)/t18-,22+/m1/s1. The summed E-state index contributed by atoms with van der Waals surface area (Å²) in [4.78, 5) is 48.8. The van der Waals surface area contributed by atoms with Crippen LogP contribution in [0, 0.1) is 0 Å². The minimum atomic E-state index is -4.83. The number of likely N-dealkylation sites (tertiary alicyclic amines) is 1. The number of benzene rings is 1. The molecule has 3 amide bonds. The number of imidazole rings is 1. The zero-order valence-electron chi connectivity index (χ0n) is 26.0. The third kappa shape index (κ3) is 7.09. The summed E-state index contributed by atoms with van der Waals surface area (Å²) < 4.78 is 43.2. The molecule has 4 aromatic rings. The number of anilines is 2. The summed E-state index contributed by atoms with van der Waals surface area (Å²) >= 11 is 6.47. The molecule has 0 spiro atoms. The van der Waals surface area contributed by atoms with Crippen LogP contribution in [0.4, 0.5) is 24.5 Å². The lowest BCUT2D eigenvalue weighted by molar-refractivity contribution is -0.140. The number of H-pyrrole nitrogens is 1. The third-order valence-electron chi connectivity index (χ3n) is 8.53. The first-order chi connectivity index (χ1) is 23.3. The van der Waals surface area contributed by atoms with E-state index in [-0.39, 0.29) is 62.6 Å². The molecule has 0 saturated carbocycles. The van der Waals surface area contributed by atoms with Gasteiger partial charge in [-0.25, -0.2) is 4.98 Å². The number of rotatable bonds is 7. The summed E-state index contributed by atoms with van der Waals surface area (Å²) in [5.74, 6) is -1.42. The number of alkyl halides is 3. The number of aromatic amines is 1. The van der Waals surface area contributed by atoms with Crippen molar-refractivity contribution in [1.29, 1.82) is 0 Å². The Morgan fingerprint density at radius 3 is 2.49 bits per heavy atom. The lowest BCUT2D eigenvalue weighted by atomic mass is 10.0. The molecule has 5 heterocycles. The van der Waals surface area contributed by atoms with E-state index < -0.39 is 29.9 Å². The van der Waals surface area contributed by atoms with Gasteiger partial charge in [0.25, 0.3) is 11.8 Å². The molecule has 7 N–H and O–H groups in total. The maximum absolute atomic E-state index is 14.0. The van der Waals surface area contributed by atoms with E-state index in [2.05, 4.69) is 36.1 Å². The van der Waals surface area contributed by atoms with Crippen LogP contribution in [0.1, 0.15) is 45.9 Å². The smallest absolute Gasteiger partial charge is 0.397 e. The van der Waals surface area contributed by atoms with Crippen LogP contribution in [0.15, 0.2) is 42.7 Å². The Bertz CT molecular complexity index is 1890. The first-order valence-electron chi connectivity index (χ1n) is 15.3. The van der Waals surface area contributed by atoms with E-state index in [1.165, 1.54) is 48.1 Å². The fourth-order valence-corrected chi connectivity index (χ4v) is 6.22. The van der Waals surface area contributed by atoms with Gasteiger partial charge in [-0.05, 0) is 49.6 Å². The maximum atomic E-state index is 14.0. The Kier molecular flexibility index (Phi) is 9.32. The van der Waals surface area contributed by atoms with E-state index in [9.17, 15) is 32.7 Å². The number of carbonyl (C=O) groups is 3. The van der Waals surface area contributed by atoms with E-state index in [1.54, 1.807) is 4.90 Å². The highest BCUT2D eigenvalue weighted by Crippen LogP contribution is 2.41. The summed E-state index contributed by atoms with van der Waals surface area (Å²) in [5, 5.41) is 24.2. The van der Waals surface area contributed by atoms with Crippen molar-refractivity contribution in [3.8, 4) is 22.6 Å². The van der Waals surface area contributed by atoms with Crippen molar-refractivity contribution in [3.05, 3.63) is 64.8 Å². The zero-order chi connectivity index (χ0) is 35.0. The van der Waals surface area contributed by atoms with Crippen LogP contribution in [-0.2, 0) is 18.0 Å². The van der Waals surface area contributed by atoms with E-state index in [0.717, 1.165) is 6.20 Å². The van der Waals surface area contributed by atoms with Gasteiger partial charge >= 0.3 is 6.18 Å². The molecule has 0 aliphatic carbocycles. The number of carbonyl (C=O) groups excluding carboxylic acids is 3. The number of nitrogens with one attached hydrogen (secondary N) is 4. The number of aliphatic hydroxyl groups excluding tert-OH is 1. The number of amides is 3. The van der Waals surface area contributed by atoms with E-state index in [0.29, 0.717) is 44.6 Å². The average molecular weight is 701 g/mol. The molecule has 2 saturated heterocycles. The van der Waals surface area contributed by atoms with Crippen LogP contribution in [0.2, 0.25) is 5.02 Å². The first-order valence-corrected chi connectivity index (χ1v) is 15.7. The van der Waals surface area contributed by atoms with Crippen molar-refractivity contribution in [1.82, 2.24) is 40.3 Å². The van der Waals surface area contributed by atoms with Gasteiger partial charge < -0.3 is 36.3 Å². The number of β-amino-alcohol motifs (C(OH)–C–C–N with tert-alkyl or cyclic N) is 1. The number of pyridine rings is 1. The largest absolute Gasteiger partial charge is 0.435 e. The highest BCUT2D eigenvalue weighted by Gasteiger charge is 2.40. The van der Waals surface area contributed by atoms with Crippen LogP contribution < -0.4 is 21.7 Å². The third-order valence-corrected chi connectivity index (χ3v) is 8.85. The predicted molar refractivity (Wildman–Crippen MR) is 172 cm³/mol. The monoisotopic (exact) mass is 700 g/mol. The second-order valence-corrected chi connectivity index (χ2v) is 12.3. The van der Waals surface area contributed by atoms with Gasteiger partial charge in [0, 0.05) is 38.4 Å². The minimum absolute atomic E-state index is 0.0367. The van der Waals surface area contributed by atoms with E-state index >= 15 is 0 Å². The maximum Gasteiger partial charge on any atom is 0.435 e. The SMILES string of the molecule is Cn1c(-c2c(C(F)(F)F)n[nH]c2-c2ccc(N)cn2)cnc1C(=O)Nc1ccc(C(=O)N2CCC(NC(=O)[C@@H]3C[C@@H](O)CN3)CC2)c(Cl)c1. The second-order valence-electron chi connectivity index (χ2n) is 11.9. The Morgan fingerprint density at radius 1 is 1.10 bits per heavy atom. The Hall–Kier alpha value is -5.00. The summed E-state index contributed by atoms with van der Waals surface area (Å²) in [6.45, 7) is 1.16. The molecule has 258 valence electrons. The lowest BCUT2D eigenvalue weighted by Gasteiger charge is -2.33. The van der Waals surface area contributed by atoms with Gasteiger partial charge in [-0.3, -0.25) is 24.5 Å². The fourth-order valence-electron chi connectivity index (χ4n) is 5.96. The van der Waals surface area contributed by atoms with Crippen LogP contribution in [-0.4, -0.2) is 90.3 Å². The molecule has 2 fully saturated rings. The molecule has 2 aliphatic heterocycles. The summed E-state index contributed by atoms with van der Waals surface area (Å²) in [7, 11) is 1.39. The number of aliphatic hydroxyl groups is 1. The highest BCUT2D eigenvalue weighted by atomic mass is 35.5. The molecule has 0 radical (unpaired) electrons. The fraction of sp³-hybridized carbons (Fsp3) is 0.355. The second kappa shape index (κ2) is 13.5. The van der Waals surface area contributed by atoms with Gasteiger partial charge in [-0.1, -0.05) is 11.6 Å². The van der Waals surface area contributed by atoms with Gasteiger partial charge in [0.1, 0.15) is 0 Å². The van der Waals surface area contributed by atoms with Crippen molar-refractivity contribution in [3.63, 3.8) is 0 Å². The van der Waals surface area contributed by atoms with Crippen molar-refractivity contribution < 1.29 is 32.7 Å². The number of nitrogens with two attached hydrogens (primary N) is 1. The number of halogens is 4. The molecule has 1 aromatic carbocycles. The molecular weight excluding hydrogens is 669 g/mol. The topological polar surface area (TPSA) is 196 Å². The van der Waals surface area contributed by atoms with Gasteiger partial charge in [-0.2, -0.15) is 18.3 Å². The van der Waals surface area contributed by atoms with E-state index in [1.807, 2.05) is 0 Å².